The quantitative estimate of drug-likeness (QED) is 0.260. The number of aryl methyl sites for hydroxylation is 2. The number of nitrogens with zero attached hydrogens (tertiary/aromatic N) is 3. The van der Waals surface area contributed by atoms with E-state index in [9.17, 15) is 5.11 Å². The van der Waals surface area contributed by atoms with Crippen molar-refractivity contribution in [2.75, 3.05) is 0 Å². The first-order chi connectivity index (χ1) is 14.7. The number of aromatic nitrogens is 1. The predicted molar refractivity (Wildman–Crippen MR) is 134 cm³/mol. The Hall–Kier alpha value is -2.96. The Balaban J connectivity index is 0.00000272. The van der Waals surface area contributed by atoms with Gasteiger partial charge in [0, 0.05) is 11.4 Å². The average Bonchev–Trinajstić information content (AvgIpc) is 3.10. The third-order valence-electron chi connectivity index (χ3n) is 4.84. The molecule has 0 aliphatic rings. The van der Waals surface area contributed by atoms with Crippen LogP contribution in [0.25, 0.3) is 11.3 Å². The maximum Gasteiger partial charge on any atom is 0.211 e. The van der Waals surface area contributed by atoms with Gasteiger partial charge in [0.2, 0.25) is 4.80 Å². The summed E-state index contributed by atoms with van der Waals surface area (Å²) in [6.07, 6.45) is 2.63. The standard InChI is InChI=1S/C25H23N3OS.BrH/c1-19-24(22-10-6-3-7-11-22)28(17-16-20-8-4-2-5-9-20)25(30-19)27-26-18-21-12-14-23(29)15-13-21;/h2-15,18,29H,16-17H2,1H3;1H/b26-18+,27-25-;. The smallest absolute Gasteiger partial charge is 0.211 e. The van der Waals surface area contributed by atoms with Crippen LogP contribution in [0.15, 0.2) is 95.1 Å². The van der Waals surface area contributed by atoms with E-state index in [0.29, 0.717) is 0 Å². The van der Waals surface area contributed by atoms with Crippen molar-refractivity contribution in [3.63, 3.8) is 0 Å². The molecule has 4 nitrogen and oxygen atoms in total. The van der Waals surface area contributed by atoms with E-state index in [-0.39, 0.29) is 22.7 Å². The number of thiazole rings is 1. The van der Waals surface area contributed by atoms with Crippen LogP contribution in [0.5, 0.6) is 5.75 Å². The lowest BCUT2D eigenvalue weighted by molar-refractivity contribution is 0.475. The minimum absolute atomic E-state index is 0. The topological polar surface area (TPSA) is 49.9 Å². The van der Waals surface area contributed by atoms with Gasteiger partial charge in [-0.15, -0.1) is 22.1 Å². The van der Waals surface area contributed by atoms with E-state index >= 15 is 0 Å². The van der Waals surface area contributed by atoms with E-state index in [1.54, 1.807) is 29.7 Å². The number of halogens is 1. The van der Waals surface area contributed by atoms with Crippen molar-refractivity contribution in [2.24, 2.45) is 10.2 Å². The minimum atomic E-state index is 0. The Morgan fingerprint density at radius 3 is 2.23 bits per heavy atom. The SMILES string of the molecule is Br.Cc1s/c(=N\N=C\c2ccc(O)cc2)n(CCc2ccccc2)c1-c1ccccc1. The lowest BCUT2D eigenvalue weighted by Gasteiger charge is -2.10. The second-order valence-electron chi connectivity index (χ2n) is 6.98. The molecule has 158 valence electrons. The monoisotopic (exact) mass is 493 g/mol. The fourth-order valence-corrected chi connectivity index (χ4v) is 4.33. The molecule has 0 atom stereocenters. The fraction of sp³-hybridized carbons (Fsp3) is 0.120. The first kappa shape index (κ1) is 22.7. The molecule has 6 heteroatoms. The molecular weight excluding hydrogens is 470 g/mol. The summed E-state index contributed by atoms with van der Waals surface area (Å²) in [5.74, 6) is 0.240. The number of phenolic OH excluding ortho intramolecular Hbond substituents is 1. The van der Waals surface area contributed by atoms with Crippen molar-refractivity contribution >= 4 is 34.5 Å². The van der Waals surface area contributed by atoms with Crippen LogP contribution in [-0.2, 0) is 13.0 Å². The first-order valence-corrected chi connectivity index (χ1v) is 10.7. The van der Waals surface area contributed by atoms with Gasteiger partial charge >= 0.3 is 0 Å². The molecule has 0 spiro atoms. The number of hydrogen-bond donors (Lipinski definition) is 1. The molecule has 0 radical (unpaired) electrons. The zero-order valence-corrected chi connectivity index (χ0v) is 19.7. The zero-order chi connectivity index (χ0) is 20.8. The van der Waals surface area contributed by atoms with Crippen LogP contribution in [0.1, 0.15) is 16.0 Å². The van der Waals surface area contributed by atoms with Gasteiger partial charge in [-0.25, -0.2) is 0 Å². The molecule has 0 saturated heterocycles. The van der Waals surface area contributed by atoms with Gasteiger partial charge in [0.05, 0.1) is 11.9 Å². The highest BCUT2D eigenvalue weighted by Gasteiger charge is 2.12. The van der Waals surface area contributed by atoms with E-state index in [4.69, 9.17) is 0 Å². The van der Waals surface area contributed by atoms with Gasteiger partial charge in [-0.3, -0.25) is 0 Å². The van der Waals surface area contributed by atoms with E-state index in [2.05, 4.69) is 70.2 Å². The Labute approximate surface area is 196 Å². The number of benzene rings is 3. The van der Waals surface area contributed by atoms with Crippen molar-refractivity contribution in [3.8, 4) is 17.0 Å². The van der Waals surface area contributed by atoms with Crippen molar-refractivity contribution in [1.29, 1.82) is 0 Å². The summed E-state index contributed by atoms with van der Waals surface area (Å²) in [5, 5.41) is 18.3. The van der Waals surface area contributed by atoms with Crippen LogP contribution in [0.4, 0.5) is 0 Å². The number of aromatic hydroxyl groups is 1. The van der Waals surface area contributed by atoms with Gasteiger partial charge in [-0.2, -0.15) is 5.10 Å². The number of phenols is 1. The molecule has 1 aromatic heterocycles. The highest BCUT2D eigenvalue weighted by molar-refractivity contribution is 8.93. The van der Waals surface area contributed by atoms with Gasteiger partial charge in [0.15, 0.2) is 0 Å². The van der Waals surface area contributed by atoms with Gasteiger partial charge in [-0.05, 0) is 54.3 Å². The highest BCUT2D eigenvalue weighted by atomic mass is 79.9. The lowest BCUT2D eigenvalue weighted by atomic mass is 10.1. The molecule has 31 heavy (non-hydrogen) atoms. The number of rotatable bonds is 6. The maximum absolute atomic E-state index is 9.42. The summed E-state index contributed by atoms with van der Waals surface area (Å²) in [6.45, 7) is 2.96. The van der Waals surface area contributed by atoms with Gasteiger partial charge in [0.25, 0.3) is 0 Å². The summed E-state index contributed by atoms with van der Waals surface area (Å²) in [7, 11) is 0. The van der Waals surface area contributed by atoms with Gasteiger partial charge in [-0.1, -0.05) is 72.0 Å². The summed E-state index contributed by atoms with van der Waals surface area (Å²) in [4.78, 5) is 2.09. The van der Waals surface area contributed by atoms with Crippen molar-refractivity contribution in [1.82, 2.24) is 4.57 Å². The molecule has 3 aromatic carbocycles. The van der Waals surface area contributed by atoms with E-state index in [1.165, 1.54) is 21.7 Å². The minimum Gasteiger partial charge on any atom is -0.508 e. The number of hydrogen-bond acceptors (Lipinski definition) is 4. The van der Waals surface area contributed by atoms with Crippen LogP contribution < -0.4 is 4.80 Å². The van der Waals surface area contributed by atoms with Crippen LogP contribution in [0.3, 0.4) is 0 Å². The molecule has 0 aliphatic carbocycles. The van der Waals surface area contributed by atoms with Crippen LogP contribution in [-0.4, -0.2) is 15.9 Å². The van der Waals surface area contributed by atoms with E-state index in [1.807, 2.05) is 24.3 Å². The molecule has 0 unspecified atom stereocenters. The summed E-state index contributed by atoms with van der Waals surface area (Å²) in [5.41, 5.74) is 4.56. The molecule has 0 saturated carbocycles. The second-order valence-corrected chi connectivity index (χ2v) is 8.16. The first-order valence-electron chi connectivity index (χ1n) is 9.86. The molecular formula is C25H24BrN3OS. The molecule has 0 fully saturated rings. The van der Waals surface area contributed by atoms with Crippen molar-refractivity contribution in [2.45, 2.75) is 19.9 Å². The molecule has 1 heterocycles. The van der Waals surface area contributed by atoms with Gasteiger partial charge in [0.1, 0.15) is 5.75 Å². The molecule has 4 aromatic rings. The summed E-state index contributed by atoms with van der Waals surface area (Å²) < 4.78 is 2.26. The Bertz CT molecular complexity index is 1200. The zero-order valence-electron chi connectivity index (χ0n) is 17.2. The summed E-state index contributed by atoms with van der Waals surface area (Å²) in [6, 6.07) is 27.8. The average molecular weight is 494 g/mol. The molecule has 0 amide bonds. The Morgan fingerprint density at radius 1 is 0.903 bits per heavy atom. The maximum atomic E-state index is 9.42. The molecule has 1 N–H and O–H groups in total. The van der Waals surface area contributed by atoms with Gasteiger partial charge < -0.3 is 9.67 Å². The van der Waals surface area contributed by atoms with E-state index in [0.717, 1.165) is 23.3 Å². The summed E-state index contributed by atoms with van der Waals surface area (Å²) >= 11 is 1.65. The van der Waals surface area contributed by atoms with E-state index < -0.39 is 0 Å². The van der Waals surface area contributed by atoms with Crippen LogP contribution in [0, 0.1) is 6.92 Å². The van der Waals surface area contributed by atoms with Crippen molar-refractivity contribution < 1.29 is 5.11 Å². The molecule has 0 bridgehead atoms. The Kier molecular flexibility index (Phi) is 7.98. The molecule has 0 aliphatic heterocycles. The van der Waals surface area contributed by atoms with Crippen LogP contribution >= 0.6 is 28.3 Å². The second kappa shape index (κ2) is 10.9. The third kappa shape index (κ3) is 5.81. The van der Waals surface area contributed by atoms with Crippen molar-refractivity contribution in [3.05, 3.63) is 106 Å². The largest absolute Gasteiger partial charge is 0.508 e. The predicted octanol–water partition coefficient (Wildman–Crippen LogP) is 5.99. The molecule has 4 rings (SSSR count). The van der Waals surface area contributed by atoms with Crippen LogP contribution in [0.2, 0.25) is 0 Å². The normalized spacial score (nSPS) is 11.6. The highest BCUT2D eigenvalue weighted by Crippen LogP contribution is 2.25. The Morgan fingerprint density at radius 2 is 1.55 bits per heavy atom. The lowest BCUT2D eigenvalue weighted by Crippen LogP contribution is -2.17. The fourth-order valence-electron chi connectivity index (χ4n) is 3.35. The third-order valence-corrected chi connectivity index (χ3v) is 5.82.